The lowest BCUT2D eigenvalue weighted by atomic mass is 9.90. The largest absolute Gasteiger partial charge is 0.357 e. The van der Waals surface area contributed by atoms with Crippen LogP contribution in [-0.2, 0) is 6.54 Å². The summed E-state index contributed by atoms with van der Waals surface area (Å²) >= 11 is 0. The summed E-state index contributed by atoms with van der Waals surface area (Å²) in [6, 6.07) is 1.95. The first-order valence-electron chi connectivity index (χ1n) is 8.51. The van der Waals surface area contributed by atoms with Crippen molar-refractivity contribution >= 4 is 29.9 Å². The highest BCUT2D eigenvalue weighted by molar-refractivity contribution is 14.0. The lowest BCUT2D eigenvalue weighted by molar-refractivity contribution is 0.360. The molecule has 0 fully saturated rings. The third-order valence-corrected chi connectivity index (χ3v) is 3.36. The molecule has 0 amide bonds. The van der Waals surface area contributed by atoms with Crippen molar-refractivity contribution in [3.63, 3.8) is 0 Å². The first-order valence-corrected chi connectivity index (χ1v) is 8.51. The van der Waals surface area contributed by atoms with Gasteiger partial charge in [-0.2, -0.15) is 5.10 Å². The third kappa shape index (κ3) is 12.3. The van der Waals surface area contributed by atoms with Gasteiger partial charge in [-0.3, -0.25) is 9.67 Å². The minimum atomic E-state index is 0. The quantitative estimate of drug-likeness (QED) is 0.269. The monoisotopic (exact) mass is 435 g/mol. The maximum Gasteiger partial charge on any atom is 0.191 e. The molecule has 5 nitrogen and oxygen atoms in total. The first kappa shape index (κ1) is 22.2. The van der Waals surface area contributed by atoms with Crippen LogP contribution in [0.5, 0.6) is 0 Å². The molecule has 0 aliphatic heterocycles. The number of aliphatic imine (C=N–C) groups is 1. The molecule has 0 atom stereocenters. The van der Waals surface area contributed by atoms with E-state index in [-0.39, 0.29) is 24.0 Å². The fraction of sp³-hybridized carbons (Fsp3) is 0.765. The third-order valence-electron chi connectivity index (χ3n) is 3.36. The zero-order valence-electron chi connectivity index (χ0n) is 15.1. The summed E-state index contributed by atoms with van der Waals surface area (Å²) in [5.74, 6) is 0.929. The molecule has 1 aromatic heterocycles. The van der Waals surface area contributed by atoms with Gasteiger partial charge in [0.2, 0.25) is 0 Å². The molecule has 134 valence electrons. The molecule has 0 saturated carbocycles. The van der Waals surface area contributed by atoms with E-state index in [9.17, 15) is 0 Å². The number of nitrogens with one attached hydrogen (secondary N) is 2. The molecule has 1 heterocycles. The number of aryl methyl sites for hydroxylation is 1. The number of rotatable bonds is 9. The van der Waals surface area contributed by atoms with Crippen LogP contribution in [0, 0.1) is 5.41 Å². The Morgan fingerprint density at radius 1 is 1.17 bits per heavy atom. The lowest BCUT2D eigenvalue weighted by Gasteiger charge is -2.18. The Morgan fingerprint density at radius 3 is 2.57 bits per heavy atom. The minimum Gasteiger partial charge on any atom is -0.357 e. The second-order valence-electron chi connectivity index (χ2n) is 6.83. The van der Waals surface area contributed by atoms with Gasteiger partial charge in [-0.25, -0.2) is 0 Å². The van der Waals surface area contributed by atoms with Gasteiger partial charge in [-0.1, -0.05) is 27.2 Å². The van der Waals surface area contributed by atoms with Gasteiger partial charge in [0.1, 0.15) is 0 Å². The van der Waals surface area contributed by atoms with Gasteiger partial charge >= 0.3 is 0 Å². The van der Waals surface area contributed by atoms with Crippen LogP contribution in [0.3, 0.4) is 0 Å². The summed E-state index contributed by atoms with van der Waals surface area (Å²) in [4.78, 5) is 4.61. The molecule has 2 N–H and O–H groups in total. The number of unbranched alkanes of at least 4 members (excludes halogenated alkanes) is 1. The Hall–Kier alpha value is -0.790. The fourth-order valence-corrected chi connectivity index (χ4v) is 2.19. The highest BCUT2D eigenvalue weighted by Gasteiger charge is 2.08. The van der Waals surface area contributed by atoms with Crippen molar-refractivity contribution in [1.29, 1.82) is 0 Å². The second kappa shape index (κ2) is 12.6. The number of nitrogens with zero attached hydrogens (tertiary/aromatic N) is 3. The molecule has 0 radical (unpaired) electrons. The average Bonchev–Trinajstić information content (AvgIpc) is 2.95. The highest BCUT2D eigenvalue weighted by Crippen LogP contribution is 2.21. The molecule has 0 bridgehead atoms. The van der Waals surface area contributed by atoms with E-state index in [1.54, 1.807) is 0 Å². The number of hydrogen-bond donors (Lipinski definition) is 2. The Bertz CT molecular complexity index is 409. The van der Waals surface area contributed by atoms with E-state index in [1.807, 2.05) is 23.1 Å². The molecule has 0 aliphatic rings. The Balaban J connectivity index is 0.00000484. The van der Waals surface area contributed by atoms with Gasteiger partial charge in [0.25, 0.3) is 0 Å². The predicted octanol–water partition coefficient (Wildman–Crippen LogP) is 3.66. The van der Waals surface area contributed by atoms with Gasteiger partial charge < -0.3 is 10.6 Å². The summed E-state index contributed by atoms with van der Waals surface area (Å²) in [6.45, 7) is 12.6. The van der Waals surface area contributed by atoms with Crippen LogP contribution < -0.4 is 10.6 Å². The normalized spacial score (nSPS) is 11.9. The molecule has 1 aromatic rings. The van der Waals surface area contributed by atoms with Crippen LogP contribution in [0.1, 0.15) is 53.4 Å². The van der Waals surface area contributed by atoms with Crippen molar-refractivity contribution in [2.45, 2.75) is 59.9 Å². The van der Waals surface area contributed by atoms with Crippen LogP contribution in [0.2, 0.25) is 0 Å². The zero-order chi connectivity index (χ0) is 16.3. The van der Waals surface area contributed by atoms with Crippen LogP contribution in [-0.4, -0.2) is 35.4 Å². The zero-order valence-corrected chi connectivity index (χ0v) is 17.5. The van der Waals surface area contributed by atoms with Gasteiger partial charge in [-0.05, 0) is 37.7 Å². The smallest absolute Gasteiger partial charge is 0.191 e. The maximum absolute atomic E-state index is 4.61. The summed E-state index contributed by atoms with van der Waals surface area (Å²) in [5.41, 5.74) is 0.436. The Morgan fingerprint density at radius 2 is 1.96 bits per heavy atom. The average molecular weight is 435 g/mol. The predicted molar refractivity (Wildman–Crippen MR) is 110 cm³/mol. The molecule has 6 heteroatoms. The topological polar surface area (TPSA) is 54.2 Å². The SMILES string of the molecule is CCNC(=NCCCn1cccn1)NCCCCC(C)(C)C.I. The van der Waals surface area contributed by atoms with Crippen LogP contribution in [0.25, 0.3) is 0 Å². The lowest BCUT2D eigenvalue weighted by Crippen LogP contribution is -2.38. The molecule has 0 saturated heterocycles. The molecule has 0 unspecified atom stereocenters. The van der Waals surface area contributed by atoms with Gasteiger partial charge in [-0.15, -0.1) is 24.0 Å². The van der Waals surface area contributed by atoms with E-state index in [2.05, 4.69) is 48.4 Å². The van der Waals surface area contributed by atoms with E-state index >= 15 is 0 Å². The molecule has 0 aliphatic carbocycles. The van der Waals surface area contributed by atoms with Crippen LogP contribution in [0.4, 0.5) is 0 Å². The number of halogens is 1. The molecular formula is C17H34IN5. The van der Waals surface area contributed by atoms with Gasteiger partial charge in [0, 0.05) is 38.6 Å². The Kier molecular flexibility index (Phi) is 12.2. The molecule has 0 aromatic carbocycles. The van der Waals surface area contributed by atoms with E-state index in [4.69, 9.17) is 0 Å². The Labute approximate surface area is 158 Å². The van der Waals surface area contributed by atoms with E-state index in [1.165, 1.54) is 19.3 Å². The second-order valence-corrected chi connectivity index (χ2v) is 6.83. The van der Waals surface area contributed by atoms with Crippen molar-refractivity contribution < 1.29 is 0 Å². The van der Waals surface area contributed by atoms with Crippen molar-refractivity contribution in [3.05, 3.63) is 18.5 Å². The number of hydrogen-bond acceptors (Lipinski definition) is 2. The van der Waals surface area contributed by atoms with E-state index < -0.39 is 0 Å². The fourth-order valence-electron chi connectivity index (χ4n) is 2.19. The van der Waals surface area contributed by atoms with Gasteiger partial charge in [0.15, 0.2) is 5.96 Å². The van der Waals surface area contributed by atoms with E-state index in [0.717, 1.165) is 38.6 Å². The van der Waals surface area contributed by atoms with Crippen LogP contribution >= 0.6 is 24.0 Å². The maximum atomic E-state index is 4.61. The van der Waals surface area contributed by atoms with E-state index in [0.29, 0.717) is 5.41 Å². The first-order chi connectivity index (χ1) is 10.5. The van der Waals surface area contributed by atoms with Crippen molar-refractivity contribution in [2.24, 2.45) is 10.4 Å². The summed E-state index contributed by atoms with van der Waals surface area (Å²) < 4.78 is 1.95. The summed E-state index contributed by atoms with van der Waals surface area (Å²) in [5, 5.41) is 10.9. The molecular weight excluding hydrogens is 401 g/mol. The number of aromatic nitrogens is 2. The molecule has 1 rings (SSSR count). The van der Waals surface area contributed by atoms with Crippen molar-refractivity contribution in [1.82, 2.24) is 20.4 Å². The summed E-state index contributed by atoms with van der Waals surface area (Å²) in [6.07, 6.45) is 8.52. The summed E-state index contributed by atoms with van der Waals surface area (Å²) in [7, 11) is 0. The molecule has 23 heavy (non-hydrogen) atoms. The highest BCUT2D eigenvalue weighted by atomic mass is 127. The minimum absolute atomic E-state index is 0. The van der Waals surface area contributed by atoms with Crippen molar-refractivity contribution in [2.75, 3.05) is 19.6 Å². The number of guanidine groups is 1. The van der Waals surface area contributed by atoms with Crippen LogP contribution in [0.15, 0.2) is 23.5 Å². The van der Waals surface area contributed by atoms with Gasteiger partial charge in [0.05, 0.1) is 0 Å². The van der Waals surface area contributed by atoms with Crippen molar-refractivity contribution in [3.8, 4) is 0 Å². The molecule has 0 spiro atoms. The standard InChI is InChI=1S/C17H33N5.HI/c1-5-18-16(19-11-7-6-10-17(2,3)4)20-12-8-14-22-15-9-13-21-22;/h9,13,15H,5-8,10-12,14H2,1-4H3,(H2,18,19,20);1H.